The van der Waals surface area contributed by atoms with E-state index in [1.807, 2.05) is 24.0 Å². The van der Waals surface area contributed by atoms with Crippen LogP contribution in [-0.2, 0) is 0 Å². The molecule has 2 fully saturated rings. The second-order valence-corrected chi connectivity index (χ2v) is 14.5. The predicted octanol–water partition coefficient (Wildman–Crippen LogP) is 6.17. The maximum atomic E-state index is 17.3. The van der Waals surface area contributed by atoms with E-state index in [4.69, 9.17) is 43.3 Å². The summed E-state index contributed by atoms with van der Waals surface area (Å²) >= 11 is 7.99. The van der Waals surface area contributed by atoms with E-state index in [1.54, 1.807) is 12.3 Å². The molecule has 11 nitrogen and oxygen atoms in total. The number of nitriles is 1. The van der Waals surface area contributed by atoms with Gasteiger partial charge in [-0.2, -0.15) is 15.2 Å². The molecule has 3 atom stereocenters. The van der Waals surface area contributed by atoms with Crippen LogP contribution in [0.1, 0.15) is 49.8 Å². The number of aromatic nitrogens is 3. The van der Waals surface area contributed by atoms with E-state index in [2.05, 4.69) is 14.9 Å². The summed E-state index contributed by atoms with van der Waals surface area (Å²) in [6.45, 7) is 4.26. The van der Waals surface area contributed by atoms with Gasteiger partial charge in [-0.25, -0.2) is 13.8 Å². The Kier molecular flexibility index (Phi) is 8.06. The lowest BCUT2D eigenvalue weighted by molar-refractivity contribution is 0.0865. The number of nitrogens with zero attached hydrogens (tertiary/aromatic N) is 6. The Bertz CT molecular complexity index is 2230. The first-order chi connectivity index (χ1) is 24.2. The fourth-order valence-corrected chi connectivity index (χ4v) is 9.41. The number of nitrogens with two attached hydrogens (primary N) is 3. The van der Waals surface area contributed by atoms with Crippen LogP contribution in [-0.4, -0.2) is 64.3 Å². The molecular weight excluding hydrogens is 684 g/mol. The first-order valence-electron chi connectivity index (χ1n) is 16.5. The standard InChI is InChI=1S/C35H34ClF2N9O2S/c1-17(19-4-2-10-43-31(19)41)46-12-13-48-29-25-28(44-34(45-33(25)46)49-16-35-8-3-11-47(35)18(14-39)7-9-35)27(38)24(26(29)36)20-5-6-22(37)30-23(20)21(15-40)32(42)50-30/h2,4-6,10,17-18H,3,7-9,11-14,16,39,42H2,1H3,(H2,41,43)/t17-,18+,35-/m1/s1. The summed E-state index contributed by atoms with van der Waals surface area (Å²) in [5, 5.41) is 10.4. The number of thiophene rings is 1. The van der Waals surface area contributed by atoms with Gasteiger partial charge in [0, 0.05) is 35.3 Å². The molecule has 0 radical (unpaired) electrons. The summed E-state index contributed by atoms with van der Waals surface area (Å²) in [7, 11) is 0. The lowest BCUT2D eigenvalue weighted by Crippen LogP contribution is -2.48. The summed E-state index contributed by atoms with van der Waals surface area (Å²) in [4.78, 5) is 18.3. The van der Waals surface area contributed by atoms with Crippen LogP contribution >= 0.6 is 22.9 Å². The molecule has 8 rings (SSSR count). The largest absolute Gasteiger partial charge is 0.489 e. The SMILES string of the molecule is C[C@H](c1cccnc1N)N1CCOc2c(Cl)c(-c3ccc(F)c4sc(N)c(C#N)c34)c(F)c3nc(OC[C@]45CCCN4[C@H](CN)CC5)nc1c23. The zero-order valence-electron chi connectivity index (χ0n) is 27.2. The Morgan fingerprint density at radius 1 is 1.20 bits per heavy atom. The number of hydrogen-bond donors (Lipinski definition) is 3. The van der Waals surface area contributed by atoms with Gasteiger partial charge < -0.3 is 31.6 Å². The van der Waals surface area contributed by atoms with Crippen molar-refractivity contribution in [2.75, 3.05) is 49.2 Å². The first-order valence-corrected chi connectivity index (χ1v) is 17.7. The Labute approximate surface area is 295 Å². The molecule has 6 N–H and O–H groups in total. The third kappa shape index (κ3) is 4.90. The van der Waals surface area contributed by atoms with Crippen LogP contribution < -0.4 is 31.6 Å². The second-order valence-electron chi connectivity index (χ2n) is 13.1. The normalized spacial score (nSPS) is 20.9. The molecule has 0 amide bonds. The topological polar surface area (TPSA) is 165 Å². The number of halogens is 3. The van der Waals surface area contributed by atoms with Gasteiger partial charge in [0.25, 0.3) is 0 Å². The monoisotopic (exact) mass is 717 g/mol. The van der Waals surface area contributed by atoms with Gasteiger partial charge in [0.15, 0.2) is 11.6 Å². The molecular formula is C35H34ClF2N9O2S. The van der Waals surface area contributed by atoms with Crippen LogP contribution in [0, 0.1) is 23.0 Å². The molecule has 0 aliphatic carbocycles. The van der Waals surface area contributed by atoms with E-state index in [1.165, 1.54) is 12.1 Å². The third-order valence-electron chi connectivity index (χ3n) is 10.6. The number of fused-ring (bicyclic) bond motifs is 2. The van der Waals surface area contributed by atoms with E-state index in [0.29, 0.717) is 31.3 Å². The molecule has 50 heavy (non-hydrogen) atoms. The van der Waals surface area contributed by atoms with Crippen molar-refractivity contribution >= 4 is 60.6 Å². The van der Waals surface area contributed by atoms with E-state index in [9.17, 15) is 5.26 Å². The smallest absolute Gasteiger partial charge is 0.319 e. The second kappa shape index (κ2) is 12.3. The van der Waals surface area contributed by atoms with Crippen LogP contribution in [0.25, 0.3) is 32.1 Å². The molecule has 15 heteroatoms. The van der Waals surface area contributed by atoms with Crippen LogP contribution in [0.2, 0.25) is 5.02 Å². The van der Waals surface area contributed by atoms with Crippen molar-refractivity contribution < 1.29 is 18.3 Å². The van der Waals surface area contributed by atoms with Crippen LogP contribution in [0.3, 0.4) is 0 Å². The molecule has 0 unspecified atom stereocenters. The van der Waals surface area contributed by atoms with E-state index in [0.717, 1.165) is 49.1 Å². The highest BCUT2D eigenvalue weighted by Crippen LogP contribution is 2.51. The van der Waals surface area contributed by atoms with Crippen molar-refractivity contribution in [2.24, 2.45) is 5.73 Å². The number of benzene rings is 2. The van der Waals surface area contributed by atoms with E-state index >= 15 is 8.78 Å². The Morgan fingerprint density at radius 2 is 2.04 bits per heavy atom. The van der Waals surface area contributed by atoms with Crippen LogP contribution in [0.5, 0.6) is 11.8 Å². The van der Waals surface area contributed by atoms with Crippen molar-refractivity contribution in [3.05, 3.63) is 58.2 Å². The van der Waals surface area contributed by atoms with Gasteiger partial charge in [-0.3, -0.25) is 4.90 Å². The third-order valence-corrected chi connectivity index (χ3v) is 11.9. The molecule has 6 heterocycles. The van der Waals surface area contributed by atoms with Gasteiger partial charge in [0.05, 0.1) is 38.8 Å². The highest BCUT2D eigenvalue weighted by molar-refractivity contribution is 7.23. The lowest BCUT2D eigenvalue weighted by atomic mass is 9.95. The first kappa shape index (κ1) is 32.6. The minimum Gasteiger partial charge on any atom is -0.489 e. The molecule has 3 aromatic heterocycles. The highest BCUT2D eigenvalue weighted by atomic mass is 35.5. The van der Waals surface area contributed by atoms with Crippen molar-refractivity contribution in [1.29, 1.82) is 5.26 Å². The van der Waals surface area contributed by atoms with Gasteiger partial charge in [0.2, 0.25) is 0 Å². The number of hydrogen-bond acceptors (Lipinski definition) is 12. The summed E-state index contributed by atoms with van der Waals surface area (Å²) < 4.78 is 45.2. The molecule has 3 aliphatic rings. The van der Waals surface area contributed by atoms with E-state index in [-0.39, 0.29) is 83.7 Å². The Hall–Kier alpha value is -4.55. The average molecular weight is 718 g/mol. The summed E-state index contributed by atoms with van der Waals surface area (Å²) in [6.07, 6.45) is 5.50. The molecule has 3 aliphatic heterocycles. The van der Waals surface area contributed by atoms with E-state index < -0.39 is 11.6 Å². The molecule has 258 valence electrons. The minimum atomic E-state index is -0.799. The van der Waals surface area contributed by atoms with Crippen LogP contribution in [0.15, 0.2) is 30.5 Å². The lowest BCUT2D eigenvalue weighted by Gasteiger charge is -2.34. The van der Waals surface area contributed by atoms with Gasteiger partial charge in [-0.1, -0.05) is 23.7 Å². The molecule has 0 spiro atoms. The van der Waals surface area contributed by atoms with Gasteiger partial charge in [-0.15, -0.1) is 11.3 Å². The summed E-state index contributed by atoms with van der Waals surface area (Å²) in [5.41, 5.74) is 19.1. The maximum Gasteiger partial charge on any atom is 0.319 e. The number of rotatable bonds is 7. The number of anilines is 3. The predicted molar refractivity (Wildman–Crippen MR) is 191 cm³/mol. The molecule has 0 bridgehead atoms. The zero-order valence-corrected chi connectivity index (χ0v) is 28.8. The van der Waals surface area contributed by atoms with Crippen molar-refractivity contribution in [3.8, 4) is 29.0 Å². The average Bonchev–Trinajstić information content (AvgIpc) is 3.74. The molecule has 0 saturated carbocycles. The fraction of sp³-hybridized carbons (Fsp3) is 0.371. The molecule has 2 aromatic carbocycles. The van der Waals surface area contributed by atoms with Crippen LogP contribution in [0.4, 0.5) is 25.4 Å². The quantitative estimate of drug-likeness (QED) is 0.176. The fourth-order valence-electron chi connectivity index (χ4n) is 8.13. The number of ether oxygens (including phenoxy) is 2. The summed E-state index contributed by atoms with van der Waals surface area (Å²) in [5.74, 6) is -0.513. The maximum absolute atomic E-state index is 17.3. The molecule has 5 aromatic rings. The number of pyridine rings is 1. The minimum absolute atomic E-state index is 0.0111. The zero-order chi connectivity index (χ0) is 34.9. The van der Waals surface area contributed by atoms with Gasteiger partial charge in [0.1, 0.15) is 47.3 Å². The highest BCUT2D eigenvalue weighted by Gasteiger charge is 2.49. The Morgan fingerprint density at radius 3 is 2.82 bits per heavy atom. The van der Waals surface area contributed by atoms with Crippen molar-refractivity contribution in [2.45, 2.75) is 50.2 Å². The van der Waals surface area contributed by atoms with Gasteiger partial charge in [-0.05, 0) is 56.8 Å². The van der Waals surface area contributed by atoms with Crippen molar-refractivity contribution in [3.63, 3.8) is 0 Å². The molecule has 2 saturated heterocycles. The summed E-state index contributed by atoms with van der Waals surface area (Å²) in [6, 6.07) is 8.24. The van der Waals surface area contributed by atoms with Gasteiger partial charge >= 0.3 is 6.01 Å². The van der Waals surface area contributed by atoms with Crippen molar-refractivity contribution in [1.82, 2.24) is 19.9 Å². The number of nitrogen functional groups attached to an aromatic ring is 2. The Balaban J connectivity index is 1.35.